The average molecular weight is 509 g/mol. The second-order valence-corrected chi connectivity index (χ2v) is 10.3. The van der Waals surface area contributed by atoms with Crippen molar-refractivity contribution in [3.05, 3.63) is 39.9 Å². The van der Waals surface area contributed by atoms with Gasteiger partial charge in [0.1, 0.15) is 5.65 Å². The summed E-state index contributed by atoms with van der Waals surface area (Å²) in [6.07, 6.45) is 6.23. The molecule has 0 aliphatic carbocycles. The summed E-state index contributed by atoms with van der Waals surface area (Å²) < 4.78 is 3.41. The summed E-state index contributed by atoms with van der Waals surface area (Å²) in [5.74, 6) is 0.752. The number of benzene rings is 1. The number of anilines is 1. The van der Waals surface area contributed by atoms with Gasteiger partial charge in [-0.05, 0) is 18.9 Å². The largest absolute Gasteiger partial charge is 0.349 e. The van der Waals surface area contributed by atoms with E-state index < -0.39 is 0 Å². The van der Waals surface area contributed by atoms with E-state index in [0.29, 0.717) is 47.1 Å². The maximum Gasteiger partial charge on any atom is 0.264 e. The van der Waals surface area contributed by atoms with Gasteiger partial charge in [-0.25, -0.2) is 0 Å². The van der Waals surface area contributed by atoms with Crippen LogP contribution in [0.25, 0.3) is 33.1 Å². The monoisotopic (exact) mass is 508 g/mol. The minimum Gasteiger partial charge on any atom is -0.349 e. The number of hydrogen-bond acceptors (Lipinski definition) is 6. The number of aromatic amines is 1. The summed E-state index contributed by atoms with van der Waals surface area (Å²) in [6, 6.07) is 4.49. The first-order valence-electron chi connectivity index (χ1n) is 12.3. The van der Waals surface area contributed by atoms with Gasteiger partial charge in [-0.2, -0.15) is 10.1 Å². The van der Waals surface area contributed by atoms with Gasteiger partial charge in [0.05, 0.1) is 15.9 Å². The number of carbonyl (C=O) groups is 1. The Morgan fingerprint density at radius 1 is 1.19 bits per heavy atom. The van der Waals surface area contributed by atoms with Crippen LogP contribution in [-0.2, 0) is 18.4 Å². The molecule has 5 heterocycles. The molecule has 11 heteroatoms. The predicted octanol–water partition coefficient (Wildman–Crippen LogP) is 2.35. The molecule has 1 amide bonds. The van der Waals surface area contributed by atoms with Crippen molar-refractivity contribution < 1.29 is 4.79 Å². The molecule has 1 aromatic carbocycles. The zero-order chi connectivity index (χ0) is 25.1. The van der Waals surface area contributed by atoms with Crippen LogP contribution in [0.5, 0.6) is 0 Å². The highest BCUT2D eigenvalue weighted by Crippen LogP contribution is 2.37. The fourth-order valence-electron chi connectivity index (χ4n) is 5.56. The number of nitrogens with zero attached hydrogens (tertiary/aromatic N) is 6. The number of rotatable bonds is 5. The number of nitrogens with one attached hydrogen (secondary N) is 2. The third-order valence-corrected chi connectivity index (χ3v) is 7.92. The standard InChI is InChI=1S/C25H29ClN8O2/c1-31(2)20(35)8-9-33-13-18-19(30-33)7-6-16(22(18)26)17-12-28-23-21(17)24(36)32(3)25(29-23)34-14-4-5-15(34)11-27-10-14/h6-7,12-15,27-28H,4-5,8-11H2,1-3H3. The summed E-state index contributed by atoms with van der Waals surface area (Å²) in [5, 5.41) is 9.87. The van der Waals surface area contributed by atoms with Crippen LogP contribution in [0, 0.1) is 0 Å². The number of fused-ring (bicyclic) bond motifs is 4. The normalized spacial score (nSPS) is 19.5. The lowest BCUT2D eigenvalue weighted by Gasteiger charge is -2.36. The average Bonchev–Trinajstić information content (AvgIpc) is 3.54. The van der Waals surface area contributed by atoms with Crippen molar-refractivity contribution in [3.63, 3.8) is 0 Å². The molecule has 188 valence electrons. The van der Waals surface area contributed by atoms with Crippen molar-refractivity contribution >= 4 is 45.4 Å². The summed E-state index contributed by atoms with van der Waals surface area (Å²) in [4.78, 5) is 37.6. The second kappa shape index (κ2) is 8.63. The topological polar surface area (TPSA) is 104 Å². The summed E-state index contributed by atoms with van der Waals surface area (Å²) in [6.45, 7) is 2.28. The molecule has 6 rings (SSSR count). The Labute approximate surface area is 212 Å². The molecule has 36 heavy (non-hydrogen) atoms. The van der Waals surface area contributed by atoms with E-state index in [4.69, 9.17) is 16.6 Å². The van der Waals surface area contributed by atoms with Gasteiger partial charge in [0.2, 0.25) is 11.9 Å². The first-order valence-corrected chi connectivity index (χ1v) is 12.6. The Bertz CT molecular complexity index is 1540. The zero-order valence-electron chi connectivity index (χ0n) is 20.6. The maximum absolute atomic E-state index is 13.6. The second-order valence-electron chi connectivity index (χ2n) is 9.94. The van der Waals surface area contributed by atoms with E-state index >= 15 is 0 Å². The fraction of sp³-hybridized carbons (Fsp3) is 0.440. The molecule has 2 bridgehead atoms. The van der Waals surface area contributed by atoms with Crippen LogP contribution in [-0.4, -0.2) is 74.4 Å². The molecule has 0 saturated carbocycles. The number of aryl methyl sites for hydroxylation is 1. The molecular formula is C25H29ClN8O2. The van der Waals surface area contributed by atoms with E-state index in [0.717, 1.165) is 48.0 Å². The van der Waals surface area contributed by atoms with Crippen LogP contribution in [0.1, 0.15) is 19.3 Å². The Hall–Kier alpha value is -3.37. The van der Waals surface area contributed by atoms with E-state index in [9.17, 15) is 9.59 Å². The van der Waals surface area contributed by atoms with E-state index in [2.05, 4.69) is 20.3 Å². The molecule has 2 aliphatic rings. The first-order chi connectivity index (χ1) is 17.3. The van der Waals surface area contributed by atoms with Gasteiger partial charge in [-0.3, -0.25) is 18.8 Å². The summed E-state index contributed by atoms with van der Waals surface area (Å²) in [5.41, 5.74) is 2.67. The highest BCUT2D eigenvalue weighted by molar-refractivity contribution is 6.38. The van der Waals surface area contributed by atoms with Crippen LogP contribution in [0.2, 0.25) is 5.02 Å². The van der Waals surface area contributed by atoms with Crippen LogP contribution >= 0.6 is 11.6 Å². The van der Waals surface area contributed by atoms with Crippen molar-refractivity contribution in [3.8, 4) is 11.1 Å². The smallest absolute Gasteiger partial charge is 0.264 e. The van der Waals surface area contributed by atoms with Gasteiger partial charge in [-0.1, -0.05) is 17.7 Å². The molecule has 2 unspecified atom stereocenters. The van der Waals surface area contributed by atoms with E-state index in [1.807, 2.05) is 24.5 Å². The van der Waals surface area contributed by atoms with Gasteiger partial charge >= 0.3 is 0 Å². The Kier molecular flexibility index (Phi) is 5.53. The Morgan fingerprint density at radius 2 is 1.94 bits per heavy atom. The number of carbonyl (C=O) groups excluding carboxylic acids is 1. The molecule has 3 aromatic heterocycles. The molecule has 2 atom stereocenters. The lowest BCUT2D eigenvalue weighted by atomic mass is 10.0. The first kappa shape index (κ1) is 23.1. The quantitative estimate of drug-likeness (QED) is 0.429. The number of halogens is 1. The lowest BCUT2D eigenvalue weighted by Crippen LogP contribution is -2.53. The third-order valence-electron chi connectivity index (χ3n) is 7.52. The van der Waals surface area contributed by atoms with Crippen LogP contribution in [0.3, 0.4) is 0 Å². The summed E-state index contributed by atoms with van der Waals surface area (Å²) >= 11 is 6.86. The zero-order valence-corrected chi connectivity index (χ0v) is 21.3. The van der Waals surface area contributed by atoms with Gasteiger partial charge in [0.15, 0.2) is 0 Å². The van der Waals surface area contributed by atoms with Crippen molar-refractivity contribution in [1.82, 2.24) is 34.5 Å². The predicted molar refractivity (Wildman–Crippen MR) is 141 cm³/mol. The minimum atomic E-state index is -0.0989. The van der Waals surface area contributed by atoms with Gasteiger partial charge in [-0.15, -0.1) is 0 Å². The SMILES string of the molecule is CN(C)C(=O)CCn1cc2c(Cl)c(-c3c[nH]c4nc(N5C6CCC5CNC6)n(C)c(=O)c34)ccc2n1. The molecular weight excluding hydrogens is 480 g/mol. The van der Waals surface area contributed by atoms with Crippen LogP contribution in [0.15, 0.2) is 29.3 Å². The van der Waals surface area contributed by atoms with Crippen LogP contribution < -0.4 is 15.8 Å². The number of amides is 1. The number of aromatic nitrogens is 5. The van der Waals surface area contributed by atoms with E-state index in [1.165, 1.54) is 0 Å². The minimum absolute atomic E-state index is 0.0386. The molecule has 2 N–H and O–H groups in total. The fourth-order valence-corrected chi connectivity index (χ4v) is 5.87. The van der Waals surface area contributed by atoms with Gasteiger partial charge in [0, 0.05) is 88.2 Å². The molecule has 0 spiro atoms. The highest BCUT2D eigenvalue weighted by Gasteiger charge is 2.39. The molecule has 2 aliphatic heterocycles. The van der Waals surface area contributed by atoms with Crippen molar-refractivity contribution in [2.24, 2.45) is 7.05 Å². The van der Waals surface area contributed by atoms with Gasteiger partial charge in [0.25, 0.3) is 5.56 Å². The van der Waals surface area contributed by atoms with Crippen LogP contribution in [0.4, 0.5) is 5.95 Å². The Balaban J connectivity index is 1.39. The van der Waals surface area contributed by atoms with E-state index in [1.54, 1.807) is 35.3 Å². The van der Waals surface area contributed by atoms with Crippen molar-refractivity contribution in [2.75, 3.05) is 32.1 Å². The molecule has 2 saturated heterocycles. The number of hydrogen-bond donors (Lipinski definition) is 2. The van der Waals surface area contributed by atoms with Crippen molar-refractivity contribution in [2.45, 2.75) is 37.9 Å². The maximum atomic E-state index is 13.6. The van der Waals surface area contributed by atoms with E-state index in [-0.39, 0.29) is 11.5 Å². The molecule has 0 radical (unpaired) electrons. The van der Waals surface area contributed by atoms with Crippen molar-refractivity contribution in [1.29, 1.82) is 0 Å². The Morgan fingerprint density at radius 3 is 2.67 bits per heavy atom. The molecule has 4 aromatic rings. The molecule has 10 nitrogen and oxygen atoms in total. The third kappa shape index (κ3) is 3.58. The number of H-pyrrole nitrogens is 1. The molecule has 2 fully saturated rings. The van der Waals surface area contributed by atoms with Gasteiger partial charge < -0.3 is 20.1 Å². The summed E-state index contributed by atoms with van der Waals surface area (Å²) in [7, 11) is 5.27. The lowest BCUT2D eigenvalue weighted by molar-refractivity contribution is -0.128. The highest BCUT2D eigenvalue weighted by atomic mass is 35.5. The number of piperazine rings is 1.